The van der Waals surface area contributed by atoms with E-state index in [-0.39, 0.29) is 0 Å². The van der Waals surface area contributed by atoms with Crippen LogP contribution in [-0.4, -0.2) is 24.4 Å². The Morgan fingerprint density at radius 1 is 1.18 bits per heavy atom. The number of benzene rings is 1. The number of aromatic nitrogens is 2. The van der Waals surface area contributed by atoms with Crippen molar-refractivity contribution in [3.8, 4) is 5.75 Å². The van der Waals surface area contributed by atoms with Crippen molar-refractivity contribution >= 4 is 17.4 Å². The van der Waals surface area contributed by atoms with Crippen molar-refractivity contribution in [2.24, 2.45) is 0 Å². The van der Waals surface area contributed by atoms with E-state index in [0.29, 0.717) is 23.1 Å². The molecule has 0 saturated heterocycles. The van der Waals surface area contributed by atoms with Gasteiger partial charge in [0.25, 0.3) is 0 Å². The second-order valence-electron chi connectivity index (χ2n) is 4.59. The maximum absolute atomic E-state index is 12.5. The molecule has 0 bridgehead atoms. The van der Waals surface area contributed by atoms with Crippen molar-refractivity contribution in [3.05, 3.63) is 46.6 Å². The van der Waals surface area contributed by atoms with Crippen LogP contribution < -0.4 is 9.64 Å². The van der Waals surface area contributed by atoms with E-state index in [1.165, 1.54) is 13.2 Å². The fourth-order valence-corrected chi connectivity index (χ4v) is 2.08. The van der Waals surface area contributed by atoms with Gasteiger partial charge in [-0.3, -0.25) is 0 Å². The molecule has 1 heterocycles. The molecule has 0 aliphatic heterocycles. The van der Waals surface area contributed by atoms with E-state index < -0.39 is 11.9 Å². The second kappa shape index (κ2) is 6.39. The standard InChI is InChI=1S/C14H13ClF3N3O/c1-21(8-9-7-10(15)3-4-11(9)22-2)13-6-5-12(19-20-13)14(16,17)18/h3-7H,8H2,1-2H3. The maximum atomic E-state index is 12.5. The number of alkyl halides is 3. The first kappa shape index (κ1) is 16.4. The third-order valence-electron chi connectivity index (χ3n) is 2.98. The van der Waals surface area contributed by atoms with Crippen molar-refractivity contribution in [2.75, 3.05) is 19.1 Å². The third-order valence-corrected chi connectivity index (χ3v) is 3.22. The van der Waals surface area contributed by atoms with Crippen LogP contribution in [0.4, 0.5) is 19.0 Å². The monoisotopic (exact) mass is 331 g/mol. The quantitative estimate of drug-likeness (QED) is 0.854. The van der Waals surface area contributed by atoms with Gasteiger partial charge >= 0.3 is 6.18 Å². The molecule has 1 aromatic carbocycles. The van der Waals surface area contributed by atoms with Crippen molar-refractivity contribution in [1.82, 2.24) is 10.2 Å². The van der Waals surface area contributed by atoms with Gasteiger partial charge in [-0.1, -0.05) is 11.6 Å². The molecule has 118 valence electrons. The molecule has 0 atom stereocenters. The van der Waals surface area contributed by atoms with Gasteiger partial charge in [0.1, 0.15) is 5.75 Å². The predicted octanol–water partition coefficient (Wildman–Crippen LogP) is 3.79. The first-order valence-electron chi connectivity index (χ1n) is 6.25. The Labute approximate surface area is 130 Å². The van der Waals surface area contributed by atoms with E-state index in [4.69, 9.17) is 16.3 Å². The van der Waals surface area contributed by atoms with Gasteiger partial charge in [0.2, 0.25) is 0 Å². The van der Waals surface area contributed by atoms with Gasteiger partial charge in [-0.2, -0.15) is 13.2 Å². The van der Waals surface area contributed by atoms with E-state index in [1.54, 1.807) is 30.1 Å². The van der Waals surface area contributed by atoms with E-state index in [2.05, 4.69) is 10.2 Å². The number of nitrogens with zero attached hydrogens (tertiary/aromatic N) is 3. The van der Waals surface area contributed by atoms with Crippen LogP contribution >= 0.6 is 11.6 Å². The van der Waals surface area contributed by atoms with Gasteiger partial charge in [-0.05, 0) is 30.3 Å². The molecule has 0 amide bonds. The summed E-state index contributed by atoms with van der Waals surface area (Å²) in [6.07, 6.45) is -4.50. The molecule has 0 N–H and O–H groups in total. The molecule has 4 nitrogen and oxygen atoms in total. The van der Waals surface area contributed by atoms with Crippen molar-refractivity contribution < 1.29 is 17.9 Å². The predicted molar refractivity (Wildman–Crippen MR) is 77.1 cm³/mol. The SMILES string of the molecule is COc1ccc(Cl)cc1CN(C)c1ccc(C(F)(F)F)nn1. The normalized spacial score (nSPS) is 11.4. The van der Waals surface area contributed by atoms with Crippen LogP contribution in [0.5, 0.6) is 5.75 Å². The zero-order chi connectivity index (χ0) is 16.3. The summed E-state index contributed by atoms with van der Waals surface area (Å²) < 4.78 is 42.6. The molecule has 2 rings (SSSR count). The molecule has 0 unspecified atom stereocenters. The average Bonchev–Trinajstić information content (AvgIpc) is 2.46. The minimum atomic E-state index is -4.50. The molecule has 8 heteroatoms. The Balaban J connectivity index is 2.19. The van der Waals surface area contributed by atoms with Crippen LogP contribution in [0.25, 0.3) is 0 Å². The van der Waals surface area contributed by atoms with Gasteiger partial charge in [0, 0.05) is 24.2 Å². The Bertz CT molecular complexity index is 647. The van der Waals surface area contributed by atoms with Crippen molar-refractivity contribution in [2.45, 2.75) is 12.7 Å². The minimum Gasteiger partial charge on any atom is -0.496 e. The number of methoxy groups -OCH3 is 1. The van der Waals surface area contributed by atoms with Crippen LogP contribution in [0.2, 0.25) is 5.02 Å². The minimum absolute atomic E-state index is 0.315. The lowest BCUT2D eigenvalue weighted by atomic mass is 10.2. The van der Waals surface area contributed by atoms with Crippen LogP contribution in [0.3, 0.4) is 0 Å². The number of ether oxygens (including phenoxy) is 1. The van der Waals surface area contributed by atoms with Gasteiger partial charge in [0.15, 0.2) is 11.5 Å². The number of rotatable bonds is 4. The lowest BCUT2D eigenvalue weighted by molar-refractivity contribution is -0.141. The molecular formula is C14H13ClF3N3O. The highest BCUT2D eigenvalue weighted by atomic mass is 35.5. The third kappa shape index (κ3) is 3.79. The largest absolute Gasteiger partial charge is 0.496 e. The van der Waals surface area contributed by atoms with Gasteiger partial charge < -0.3 is 9.64 Å². The smallest absolute Gasteiger partial charge is 0.435 e. The highest BCUT2D eigenvalue weighted by molar-refractivity contribution is 6.30. The fraction of sp³-hybridized carbons (Fsp3) is 0.286. The molecule has 0 aliphatic rings. The zero-order valence-corrected chi connectivity index (χ0v) is 12.6. The molecule has 0 saturated carbocycles. The molecule has 0 aliphatic carbocycles. The van der Waals surface area contributed by atoms with Crippen LogP contribution in [-0.2, 0) is 12.7 Å². The number of anilines is 1. The summed E-state index contributed by atoms with van der Waals surface area (Å²) >= 11 is 5.95. The average molecular weight is 332 g/mol. The Morgan fingerprint density at radius 3 is 2.45 bits per heavy atom. The summed E-state index contributed by atoms with van der Waals surface area (Å²) in [5.74, 6) is 0.950. The summed E-state index contributed by atoms with van der Waals surface area (Å²) in [7, 11) is 3.22. The first-order chi connectivity index (χ1) is 10.3. The van der Waals surface area contributed by atoms with E-state index in [9.17, 15) is 13.2 Å². The van der Waals surface area contributed by atoms with E-state index in [1.807, 2.05) is 0 Å². The van der Waals surface area contributed by atoms with Gasteiger partial charge in [0.05, 0.1) is 7.11 Å². The second-order valence-corrected chi connectivity index (χ2v) is 5.02. The zero-order valence-electron chi connectivity index (χ0n) is 11.9. The highest BCUT2D eigenvalue weighted by Gasteiger charge is 2.33. The summed E-state index contributed by atoms with van der Waals surface area (Å²) in [5.41, 5.74) is -0.232. The maximum Gasteiger partial charge on any atom is 0.435 e. The van der Waals surface area contributed by atoms with E-state index >= 15 is 0 Å². The molecule has 1 aromatic heterocycles. The van der Waals surface area contributed by atoms with E-state index in [0.717, 1.165) is 11.6 Å². The summed E-state index contributed by atoms with van der Waals surface area (Å²) in [5, 5.41) is 7.34. The van der Waals surface area contributed by atoms with Gasteiger partial charge in [-0.15, -0.1) is 10.2 Å². The number of halogens is 4. The van der Waals surface area contributed by atoms with Crippen LogP contribution in [0.15, 0.2) is 30.3 Å². The lowest BCUT2D eigenvalue weighted by Gasteiger charge is -2.19. The van der Waals surface area contributed by atoms with Crippen molar-refractivity contribution in [3.63, 3.8) is 0 Å². The lowest BCUT2D eigenvalue weighted by Crippen LogP contribution is -2.19. The molecule has 2 aromatic rings. The Morgan fingerprint density at radius 2 is 1.91 bits per heavy atom. The number of hydrogen-bond acceptors (Lipinski definition) is 4. The summed E-state index contributed by atoms with van der Waals surface area (Å²) in [6.45, 7) is 0.365. The fourth-order valence-electron chi connectivity index (χ4n) is 1.89. The van der Waals surface area contributed by atoms with Crippen molar-refractivity contribution in [1.29, 1.82) is 0 Å². The highest BCUT2D eigenvalue weighted by Crippen LogP contribution is 2.28. The molecule has 0 radical (unpaired) electrons. The summed E-state index contributed by atoms with van der Waals surface area (Å²) in [4.78, 5) is 1.65. The molecular weight excluding hydrogens is 319 g/mol. The Hall–Kier alpha value is -2.02. The summed E-state index contributed by atoms with van der Waals surface area (Å²) in [6, 6.07) is 7.32. The molecule has 0 spiro atoms. The topological polar surface area (TPSA) is 38.2 Å². The molecule has 22 heavy (non-hydrogen) atoms. The molecule has 0 fully saturated rings. The first-order valence-corrected chi connectivity index (χ1v) is 6.63. The van der Waals surface area contributed by atoms with Gasteiger partial charge in [-0.25, -0.2) is 0 Å². The number of hydrogen-bond donors (Lipinski definition) is 0. The van der Waals surface area contributed by atoms with Crippen LogP contribution in [0.1, 0.15) is 11.3 Å². The van der Waals surface area contributed by atoms with Crippen LogP contribution in [0, 0.1) is 0 Å². The Kier molecular flexibility index (Phi) is 4.75.